The minimum Gasteiger partial charge on any atom is -0.477 e. The molecule has 2 N–H and O–H groups in total. The Morgan fingerprint density at radius 3 is 2.21 bits per heavy atom. The summed E-state index contributed by atoms with van der Waals surface area (Å²) in [4.78, 5) is 41.5. The topological polar surface area (TPSA) is 101 Å². The molecule has 0 unspecified atom stereocenters. The molecule has 2 heterocycles. The molecule has 2 aromatic carbocycles. The van der Waals surface area contributed by atoms with E-state index in [0.717, 1.165) is 4.57 Å². The van der Waals surface area contributed by atoms with E-state index in [-0.39, 0.29) is 16.7 Å². The maximum absolute atomic E-state index is 12.9. The van der Waals surface area contributed by atoms with Crippen molar-refractivity contribution in [3.8, 4) is 22.4 Å². The number of hydrogen-bond acceptors (Lipinski definition) is 4. The lowest BCUT2D eigenvalue weighted by molar-refractivity contribution is -0.114. The van der Waals surface area contributed by atoms with Gasteiger partial charge in [-0.25, -0.2) is 9.78 Å². The first kappa shape index (κ1) is 23.8. The number of fused-ring (bicyclic) bond motifs is 1. The van der Waals surface area contributed by atoms with Crippen molar-refractivity contribution in [3.63, 3.8) is 0 Å². The van der Waals surface area contributed by atoms with E-state index >= 15 is 0 Å². The average Bonchev–Trinajstić information content (AvgIpc) is 2.77. The van der Waals surface area contributed by atoms with Crippen LogP contribution in [0.25, 0.3) is 33.4 Å². The van der Waals surface area contributed by atoms with Gasteiger partial charge in [0.1, 0.15) is 11.2 Å². The molecule has 0 bridgehead atoms. The fourth-order valence-electron chi connectivity index (χ4n) is 3.69. The molecule has 0 fully saturated rings. The van der Waals surface area contributed by atoms with E-state index in [1.165, 1.54) is 14.0 Å². The van der Waals surface area contributed by atoms with Gasteiger partial charge in [-0.3, -0.25) is 14.2 Å². The van der Waals surface area contributed by atoms with Crippen molar-refractivity contribution in [2.24, 2.45) is 7.05 Å². The van der Waals surface area contributed by atoms with Crippen LogP contribution in [-0.4, -0.2) is 26.5 Å². The Hall–Kier alpha value is -3.39. The molecule has 0 saturated carbocycles. The first-order valence-corrected chi connectivity index (χ1v) is 11.0. The van der Waals surface area contributed by atoms with Crippen molar-refractivity contribution < 1.29 is 14.7 Å². The number of pyridine rings is 2. The predicted molar refractivity (Wildman–Crippen MR) is 134 cm³/mol. The Kier molecular flexibility index (Phi) is 6.36. The molecule has 1 amide bonds. The molecule has 2 aromatic heterocycles. The quantitative estimate of drug-likeness (QED) is 0.352. The molecule has 4 aromatic rings. The lowest BCUT2D eigenvalue weighted by atomic mass is 9.97. The molecule has 0 aliphatic rings. The van der Waals surface area contributed by atoms with Crippen LogP contribution in [0.4, 0.5) is 5.69 Å². The van der Waals surface area contributed by atoms with Crippen LogP contribution in [0.2, 0.25) is 15.1 Å². The number of carbonyl (C=O) groups excluding carboxylic acids is 1. The highest BCUT2D eigenvalue weighted by atomic mass is 35.5. The molecule has 0 saturated heterocycles. The monoisotopic (exact) mass is 515 g/mol. The summed E-state index contributed by atoms with van der Waals surface area (Å²) >= 11 is 18.6. The molecule has 0 radical (unpaired) electrons. The number of halogens is 3. The summed E-state index contributed by atoms with van der Waals surface area (Å²) in [6.45, 7) is 1.23. The number of aromatic nitrogens is 2. The highest BCUT2D eigenvalue weighted by Crippen LogP contribution is 2.39. The van der Waals surface area contributed by atoms with Gasteiger partial charge in [0.15, 0.2) is 0 Å². The SMILES string of the molecule is CC(=O)Nc1c(C(=O)O)c(=O)n(C)c2nc(-c3ccc(Cl)cc3Cl)c(-c3ccc(Cl)cc3)cc12. The van der Waals surface area contributed by atoms with Crippen LogP contribution in [0.3, 0.4) is 0 Å². The first-order valence-electron chi connectivity index (χ1n) is 9.88. The van der Waals surface area contributed by atoms with E-state index in [2.05, 4.69) is 5.32 Å². The normalized spacial score (nSPS) is 11.0. The van der Waals surface area contributed by atoms with E-state index in [0.29, 0.717) is 37.5 Å². The van der Waals surface area contributed by atoms with Crippen molar-refractivity contribution in [2.45, 2.75) is 6.92 Å². The summed E-state index contributed by atoms with van der Waals surface area (Å²) in [5.74, 6) is -2.00. The smallest absolute Gasteiger partial charge is 0.343 e. The van der Waals surface area contributed by atoms with Crippen molar-refractivity contribution >= 4 is 63.4 Å². The molecule has 0 atom stereocenters. The number of aromatic carboxylic acids is 1. The van der Waals surface area contributed by atoms with E-state index in [1.807, 2.05) is 0 Å². The number of rotatable bonds is 4. The minimum atomic E-state index is -1.47. The van der Waals surface area contributed by atoms with E-state index in [1.54, 1.807) is 48.5 Å². The second kappa shape index (κ2) is 9.10. The Bertz CT molecular complexity index is 1550. The summed E-state index contributed by atoms with van der Waals surface area (Å²) < 4.78 is 1.13. The number of carboxylic acid groups (broad SMARTS) is 1. The largest absolute Gasteiger partial charge is 0.477 e. The number of carboxylic acids is 1. The summed E-state index contributed by atoms with van der Waals surface area (Å²) in [5.41, 5.74) is 0.924. The molecule has 0 aliphatic carbocycles. The number of anilines is 1. The van der Waals surface area contributed by atoms with Crippen LogP contribution >= 0.6 is 34.8 Å². The maximum Gasteiger partial charge on any atom is 0.343 e. The Labute approximate surface area is 208 Å². The fraction of sp³-hybridized carbons (Fsp3) is 0.0833. The van der Waals surface area contributed by atoms with Crippen LogP contribution in [0, 0.1) is 0 Å². The summed E-state index contributed by atoms with van der Waals surface area (Å²) in [5, 5.41) is 13.8. The van der Waals surface area contributed by atoms with Crippen LogP contribution in [0.1, 0.15) is 17.3 Å². The van der Waals surface area contributed by atoms with Crippen LogP contribution in [0.5, 0.6) is 0 Å². The van der Waals surface area contributed by atoms with Gasteiger partial charge in [0.05, 0.1) is 16.4 Å². The zero-order chi connectivity index (χ0) is 24.7. The number of hydrogen-bond donors (Lipinski definition) is 2. The number of nitrogens with one attached hydrogen (secondary N) is 1. The van der Waals surface area contributed by atoms with E-state index < -0.39 is 23.0 Å². The fourth-order valence-corrected chi connectivity index (χ4v) is 4.31. The third-order valence-corrected chi connectivity index (χ3v) is 6.01. The molecular formula is C24H16Cl3N3O4. The van der Waals surface area contributed by atoms with Gasteiger partial charge >= 0.3 is 5.97 Å². The van der Waals surface area contributed by atoms with Crippen molar-refractivity contribution in [2.75, 3.05) is 5.32 Å². The Morgan fingerprint density at radius 2 is 1.62 bits per heavy atom. The molecule has 10 heteroatoms. The summed E-state index contributed by atoms with van der Waals surface area (Å²) in [6, 6.07) is 13.6. The van der Waals surface area contributed by atoms with Gasteiger partial charge in [-0.2, -0.15) is 0 Å². The Balaban J connectivity index is 2.20. The van der Waals surface area contributed by atoms with Crippen LogP contribution < -0.4 is 10.9 Å². The number of amides is 1. The predicted octanol–water partition coefficient (Wildman–Crippen LogP) is 5.88. The lowest BCUT2D eigenvalue weighted by Gasteiger charge is -2.18. The van der Waals surface area contributed by atoms with Gasteiger partial charge in [0.25, 0.3) is 5.56 Å². The molecule has 172 valence electrons. The summed E-state index contributed by atoms with van der Waals surface area (Å²) in [6.07, 6.45) is 0. The second-order valence-corrected chi connectivity index (χ2v) is 8.77. The number of aryl methyl sites for hydroxylation is 1. The highest BCUT2D eigenvalue weighted by Gasteiger charge is 2.25. The Morgan fingerprint density at radius 1 is 0.971 bits per heavy atom. The number of carbonyl (C=O) groups is 2. The minimum absolute atomic E-state index is 0.130. The van der Waals surface area contributed by atoms with Gasteiger partial charge in [0, 0.05) is 40.5 Å². The van der Waals surface area contributed by atoms with E-state index in [4.69, 9.17) is 39.8 Å². The van der Waals surface area contributed by atoms with Gasteiger partial charge < -0.3 is 10.4 Å². The van der Waals surface area contributed by atoms with Gasteiger partial charge in [0.2, 0.25) is 5.91 Å². The standard InChI is InChI=1S/C24H16Cl3N3O4/c1-11(31)28-21-17-10-16(12-3-5-13(25)6-4-12)20(15-8-7-14(26)9-18(15)27)29-22(17)30(2)23(32)19(21)24(33)34/h3-10H,1-2H3,(H,28,31)(H,33,34). The average molecular weight is 517 g/mol. The highest BCUT2D eigenvalue weighted by molar-refractivity contribution is 6.36. The van der Waals surface area contributed by atoms with Crippen molar-refractivity contribution in [1.29, 1.82) is 0 Å². The number of benzene rings is 2. The third-order valence-electron chi connectivity index (χ3n) is 5.21. The number of nitrogens with zero attached hydrogens (tertiary/aromatic N) is 2. The lowest BCUT2D eigenvalue weighted by Crippen LogP contribution is -2.28. The van der Waals surface area contributed by atoms with Gasteiger partial charge in [-0.15, -0.1) is 0 Å². The van der Waals surface area contributed by atoms with E-state index in [9.17, 15) is 19.5 Å². The zero-order valence-electron chi connectivity index (χ0n) is 17.8. The van der Waals surface area contributed by atoms with Crippen LogP contribution in [-0.2, 0) is 11.8 Å². The molecule has 7 nitrogen and oxygen atoms in total. The molecule has 34 heavy (non-hydrogen) atoms. The third kappa shape index (κ3) is 4.25. The zero-order valence-corrected chi connectivity index (χ0v) is 20.1. The second-order valence-electron chi connectivity index (χ2n) is 7.49. The molecule has 0 spiro atoms. The van der Waals surface area contributed by atoms with Gasteiger partial charge in [-0.1, -0.05) is 46.9 Å². The summed E-state index contributed by atoms with van der Waals surface area (Å²) in [7, 11) is 1.41. The van der Waals surface area contributed by atoms with Crippen molar-refractivity contribution in [3.05, 3.63) is 79.5 Å². The van der Waals surface area contributed by atoms with Crippen LogP contribution in [0.15, 0.2) is 53.3 Å². The molecule has 4 rings (SSSR count). The first-order chi connectivity index (χ1) is 16.1. The van der Waals surface area contributed by atoms with Gasteiger partial charge in [-0.05, 0) is 42.0 Å². The molecular weight excluding hydrogens is 501 g/mol. The molecule has 0 aliphatic heterocycles. The maximum atomic E-state index is 12.9. The van der Waals surface area contributed by atoms with Crippen molar-refractivity contribution in [1.82, 2.24) is 9.55 Å².